The first-order valence-electron chi connectivity index (χ1n) is 6.28. The van der Waals surface area contributed by atoms with Gasteiger partial charge in [0.05, 0.1) is 19.3 Å². The Bertz CT molecular complexity index is 400. The monoisotopic (exact) mass is 250 g/mol. The van der Waals surface area contributed by atoms with E-state index in [1.165, 1.54) is 0 Å². The third-order valence-corrected chi connectivity index (χ3v) is 3.62. The fourth-order valence-corrected chi connectivity index (χ4v) is 2.72. The summed E-state index contributed by atoms with van der Waals surface area (Å²) in [5.74, 6) is 0.282. The van der Waals surface area contributed by atoms with E-state index in [0.717, 1.165) is 5.56 Å². The maximum Gasteiger partial charge on any atom is 0.154 e. The summed E-state index contributed by atoms with van der Waals surface area (Å²) in [6.07, 6.45) is 3.58. The number of fused-ring (bicyclic) bond motifs is 1. The predicted molar refractivity (Wildman–Crippen MR) is 64.5 cm³/mol. The number of nitrogens with zero attached hydrogens (tertiary/aromatic N) is 2. The van der Waals surface area contributed by atoms with Gasteiger partial charge < -0.3 is 9.47 Å². The van der Waals surface area contributed by atoms with E-state index in [9.17, 15) is 0 Å². The molecule has 2 saturated heterocycles. The Morgan fingerprint density at radius 3 is 2.94 bits per heavy atom. The molecule has 2 fully saturated rings. The summed E-state index contributed by atoms with van der Waals surface area (Å²) in [6, 6.07) is 4.21. The van der Waals surface area contributed by atoms with Gasteiger partial charge in [-0.1, -0.05) is 6.07 Å². The highest BCUT2D eigenvalue weighted by molar-refractivity contribution is 5.16. The molecule has 5 nitrogen and oxygen atoms in total. The van der Waals surface area contributed by atoms with Crippen LogP contribution in [-0.2, 0) is 14.3 Å². The number of rotatable bonds is 1. The molecule has 0 unspecified atom stereocenters. The topological polar surface area (TPSA) is 43.8 Å². The third kappa shape index (κ3) is 2.14. The molecule has 0 saturated carbocycles. The van der Waals surface area contributed by atoms with Crippen LogP contribution in [0.5, 0.6) is 0 Å². The first kappa shape index (κ1) is 12.0. The van der Waals surface area contributed by atoms with Crippen molar-refractivity contribution < 1.29 is 14.3 Å². The van der Waals surface area contributed by atoms with Crippen molar-refractivity contribution in [3.05, 3.63) is 30.1 Å². The van der Waals surface area contributed by atoms with Crippen LogP contribution in [0, 0.1) is 5.92 Å². The zero-order valence-corrected chi connectivity index (χ0v) is 10.7. The Labute approximate surface area is 107 Å². The van der Waals surface area contributed by atoms with E-state index >= 15 is 0 Å². The third-order valence-electron chi connectivity index (χ3n) is 3.62. The van der Waals surface area contributed by atoms with Crippen LogP contribution in [-0.4, -0.2) is 42.7 Å². The van der Waals surface area contributed by atoms with Crippen LogP contribution in [0.15, 0.2) is 24.5 Å². The fraction of sp³-hybridized carbons (Fsp3) is 0.615. The molecular weight excluding hydrogens is 232 g/mol. The Morgan fingerprint density at radius 2 is 2.17 bits per heavy atom. The van der Waals surface area contributed by atoms with Crippen LogP contribution >= 0.6 is 0 Å². The molecule has 4 atom stereocenters. The molecular formula is C13H18N2O3. The normalized spacial score (nSPS) is 37.2. The van der Waals surface area contributed by atoms with Crippen molar-refractivity contribution >= 4 is 0 Å². The maximum absolute atomic E-state index is 5.86. The van der Waals surface area contributed by atoms with Crippen LogP contribution in [0.2, 0.25) is 0 Å². The molecule has 98 valence electrons. The molecule has 0 aromatic carbocycles. The van der Waals surface area contributed by atoms with E-state index in [4.69, 9.17) is 14.3 Å². The molecule has 0 spiro atoms. The minimum absolute atomic E-state index is 0.0603. The fourth-order valence-electron chi connectivity index (χ4n) is 2.72. The second kappa shape index (κ2) is 4.93. The van der Waals surface area contributed by atoms with Gasteiger partial charge in [-0.2, -0.15) is 5.06 Å². The van der Waals surface area contributed by atoms with Crippen LogP contribution in [0.1, 0.15) is 18.5 Å². The van der Waals surface area contributed by atoms with Crippen LogP contribution < -0.4 is 0 Å². The lowest BCUT2D eigenvalue weighted by atomic mass is 9.91. The van der Waals surface area contributed by atoms with Crippen molar-refractivity contribution in [1.82, 2.24) is 10.0 Å². The van der Waals surface area contributed by atoms with Gasteiger partial charge in [0.15, 0.2) is 6.29 Å². The van der Waals surface area contributed by atoms with Gasteiger partial charge in [-0.15, -0.1) is 0 Å². The van der Waals surface area contributed by atoms with E-state index in [1.807, 2.05) is 31.3 Å². The Morgan fingerprint density at radius 1 is 1.33 bits per heavy atom. The van der Waals surface area contributed by atoms with Crippen molar-refractivity contribution in [3.8, 4) is 0 Å². The highest BCUT2D eigenvalue weighted by Crippen LogP contribution is 2.39. The van der Waals surface area contributed by atoms with Crippen molar-refractivity contribution in [2.45, 2.75) is 25.4 Å². The minimum atomic E-state index is -0.154. The second-order valence-corrected chi connectivity index (χ2v) is 4.82. The predicted octanol–water partition coefficient (Wildman–Crippen LogP) is 1.38. The molecule has 3 heterocycles. The van der Waals surface area contributed by atoms with Gasteiger partial charge in [0.2, 0.25) is 0 Å². The van der Waals surface area contributed by atoms with Gasteiger partial charge in [-0.25, -0.2) is 0 Å². The first-order chi connectivity index (χ1) is 8.75. The van der Waals surface area contributed by atoms with E-state index < -0.39 is 0 Å². The van der Waals surface area contributed by atoms with Gasteiger partial charge in [0.1, 0.15) is 6.10 Å². The Kier molecular flexibility index (Phi) is 3.30. The van der Waals surface area contributed by atoms with Crippen LogP contribution in [0.25, 0.3) is 0 Å². The Hall–Kier alpha value is -1.01. The summed E-state index contributed by atoms with van der Waals surface area (Å²) in [6.45, 7) is 3.15. The first-order valence-corrected chi connectivity index (χ1v) is 6.28. The summed E-state index contributed by atoms with van der Waals surface area (Å²) in [5.41, 5.74) is 1.16. The van der Waals surface area contributed by atoms with Gasteiger partial charge in [0, 0.05) is 25.4 Å². The lowest BCUT2D eigenvalue weighted by Crippen LogP contribution is -2.25. The van der Waals surface area contributed by atoms with E-state index in [0.29, 0.717) is 13.2 Å². The van der Waals surface area contributed by atoms with Crippen molar-refractivity contribution in [3.63, 3.8) is 0 Å². The largest absolute Gasteiger partial charge is 0.353 e. The van der Waals surface area contributed by atoms with Crippen molar-refractivity contribution in [1.29, 1.82) is 0 Å². The summed E-state index contributed by atoms with van der Waals surface area (Å²) in [5, 5.41) is 1.90. The highest BCUT2D eigenvalue weighted by Gasteiger charge is 2.44. The van der Waals surface area contributed by atoms with Gasteiger partial charge >= 0.3 is 0 Å². The second-order valence-electron chi connectivity index (χ2n) is 4.82. The Balaban J connectivity index is 1.85. The lowest BCUT2D eigenvalue weighted by molar-refractivity contribution is -0.180. The summed E-state index contributed by atoms with van der Waals surface area (Å²) in [7, 11) is 1.95. The van der Waals surface area contributed by atoms with Crippen molar-refractivity contribution in [2.24, 2.45) is 5.92 Å². The van der Waals surface area contributed by atoms with Crippen LogP contribution in [0.4, 0.5) is 0 Å². The average Bonchev–Trinajstić information content (AvgIpc) is 2.60. The molecule has 18 heavy (non-hydrogen) atoms. The number of hydrogen-bond acceptors (Lipinski definition) is 5. The molecule has 1 aromatic rings. The molecule has 0 N–H and O–H groups in total. The lowest BCUT2D eigenvalue weighted by Gasteiger charge is -2.22. The van der Waals surface area contributed by atoms with E-state index in [2.05, 4.69) is 11.1 Å². The minimum Gasteiger partial charge on any atom is -0.353 e. The molecule has 0 radical (unpaired) electrons. The molecule has 2 aliphatic rings. The van der Waals surface area contributed by atoms with Crippen molar-refractivity contribution in [2.75, 3.05) is 20.3 Å². The summed E-state index contributed by atoms with van der Waals surface area (Å²) in [4.78, 5) is 10.0. The molecule has 1 aromatic heterocycles. The zero-order chi connectivity index (χ0) is 12.5. The van der Waals surface area contributed by atoms with E-state index in [-0.39, 0.29) is 24.4 Å². The molecule has 0 amide bonds. The molecule has 3 rings (SSSR count). The quantitative estimate of drug-likeness (QED) is 0.753. The number of hydroxylamine groups is 2. The van der Waals surface area contributed by atoms with Gasteiger partial charge in [-0.05, 0) is 18.6 Å². The van der Waals surface area contributed by atoms with Gasteiger partial charge in [-0.3, -0.25) is 9.82 Å². The maximum atomic E-state index is 5.86. The number of ether oxygens (including phenoxy) is 2. The standard InChI is InChI=1S/C13H18N2O3/c1-9-16-7-11-12(8-17-9)18-15(2)13(11)10-4-3-5-14-6-10/h3-6,9,11-13H,7-8H2,1-2H3/t9-,11-,12-,13-/m0/s1. The average molecular weight is 250 g/mol. The highest BCUT2D eigenvalue weighted by atomic mass is 16.7. The number of pyridine rings is 1. The molecule has 5 heteroatoms. The smallest absolute Gasteiger partial charge is 0.154 e. The summed E-state index contributed by atoms with van der Waals surface area (Å²) >= 11 is 0. The summed E-state index contributed by atoms with van der Waals surface area (Å²) < 4.78 is 11.2. The SMILES string of the molecule is C[C@H]1OC[C@H]2[C@H](CO1)ON(C)[C@H]2c1cccnc1. The molecule has 0 aliphatic carbocycles. The molecule has 2 aliphatic heterocycles. The number of aromatic nitrogens is 1. The zero-order valence-electron chi connectivity index (χ0n) is 10.7. The van der Waals surface area contributed by atoms with Gasteiger partial charge in [0.25, 0.3) is 0 Å². The molecule has 0 bridgehead atoms. The van der Waals surface area contributed by atoms with E-state index in [1.54, 1.807) is 6.20 Å². The van der Waals surface area contributed by atoms with Crippen LogP contribution in [0.3, 0.4) is 0 Å². The number of hydrogen-bond donors (Lipinski definition) is 0.